The molecule has 0 aliphatic rings. The fraction of sp³-hybridized carbons (Fsp3) is 0.286. The van der Waals surface area contributed by atoms with Crippen LogP contribution in [0.2, 0.25) is 0 Å². The molecule has 0 radical (unpaired) electrons. The molecule has 0 bridgehead atoms. The molecule has 0 aliphatic heterocycles. The minimum Gasteiger partial charge on any atom is -0.324 e. The van der Waals surface area contributed by atoms with Crippen molar-refractivity contribution in [2.75, 3.05) is 0 Å². The first-order valence-corrected chi connectivity index (χ1v) is 6.82. The van der Waals surface area contributed by atoms with E-state index < -0.39 is 0 Å². The molecule has 0 fully saturated rings. The van der Waals surface area contributed by atoms with Gasteiger partial charge >= 0.3 is 0 Å². The van der Waals surface area contributed by atoms with E-state index in [-0.39, 0.29) is 6.04 Å². The predicted octanol–water partition coefficient (Wildman–Crippen LogP) is 3.35. The Labute approximate surface area is 112 Å². The van der Waals surface area contributed by atoms with Gasteiger partial charge in [0.1, 0.15) is 0 Å². The summed E-state index contributed by atoms with van der Waals surface area (Å²) < 4.78 is 0. The number of aromatic nitrogens is 2. The normalized spacial score (nSPS) is 12.4. The third-order valence-corrected chi connectivity index (χ3v) is 3.62. The van der Waals surface area contributed by atoms with E-state index in [1.165, 1.54) is 5.56 Å². The van der Waals surface area contributed by atoms with Gasteiger partial charge in [0.15, 0.2) is 5.16 Å². The first-order chi connectivity index (χ1) is 8.69. The van der Waals surface area contributed by atoms with E-state index in [4.69, 9.17) is 5.73 Å². The third-order valence-electron chi connectivity index (χ3n) is 2.71. The molecule has 0 unspecified atom stereocenters. The Balaban J connectivity index is 2.08. The number of rotatable bonds is 4. The van der Waals surface area contributed by atoms with Gasteiger partial charge < -0.3 is 5.73 Å². The summed E-state index contributed by atoms with van der Waals surface area (Å²) in [6.45, 7) is 4.07. The highest BCUT2D eigenvalue weighted by Crippen LogP contribution is 2.25. The highest BCUT2D eigenvalue weighted by molar-refractivity contribution is 7.99. The van der Waals surface area contributed by atoms with Gasteiger partial charge in [-0.05, 0) is 48.4 Å². The van der Waals surface area contributed by atoms with Crippen LogP contribution in [-0.4, -0.2) is 9.97 Å². The average Bonchev–Trinajstić information content (AvgIpc) is 2.41. The van der Waals surface area contributed by atoms with E-state index in [0.29, 0.717) is 0 Å². The maximum absolute atomic E-state index is 5.98. The second-order valence-electron chi connectivity index (χ2n) is 4.23. The van der Waals surface area contributed by atoms with Crippen molar-refractivity contribution in [2.45, 2.75) is 36.4 Å². The average molecular weight is 259 g/mol. The van der Waals surface area contributed by atoms with Crippen molar-refractivity contribution in [1.29, 1.82) is 0 Å². The van der Waals surface area contributed by atoms with Crippen LogP contribution in [0, 0.1) is 6.92 Å². The molecule has 3 nitrogen and oxygen atoms in total. The highest BCUT2D eigenvalue weighted by Gasteiger charge is 2.04. The summed E-state index contributed by atoms with van der Waals surface area (Å²) in [5, 5.41) is 0.771. The number of nitrogens with two attached hydrogens (primary N) is 1. The predicted molar refractivity (Wildman–Crippen MR) is 74.6 cm³/mol. The maximum Gasteiger partial charge on any atom is 0.192 e. The lowest BCUT2D eigenvalue weighted by atomic mass is 10.1. The number of nitrogens with zero attached hydrogens (tertiary/aromatic N) is 2. The van der Waals surface area contributed by atoms with Gasteiger partial charge in [0.25, 0.3) is 0 Å². The molecule has 0 aliphatic carbocycles. The van der Waals surface area contributed by atoms with Gasteiger partial charge in [-0.25, -0.2) is 9.97 Å². The largest absolute Gasteiger partial charge is 0.324 e. The highest BCUT2D eigenvalue weighted by atomic mass is 32.2. The first kappa shape index (κ1) is 13.1. The van der Waals surface area contributed by atoms with Crippen LogP contribution in [-0.2, 0) is 0 Å². The van der Waals surface area contributed by atoms with Gasteiger partial charge in [0, 0.05) is 23.3 Å². The molecule has 2 aromatic rings. The summed E-state index contributed by atoms with van der Waals surface area (Å²) in [7, 11) is 0. The number of hydrogen-bond donors (Lipinski definition) is 1. The summed E-state index contributed by atoms with van der Waals surface area (Å²) >= 11 is 1.56. The molecular formula is C14H17N3S. The van der Waals surface area contributed by atoms with Crippen LogP contribution in [0.3, 0.4) is 0 Å². The summed E-state index contributed by atoms with van der Waals surface area (Å²) in [5.41, 5.74) is 8.23. The Bertz CT molecular complexity index is 493. The molecule has 2 rings (SSSR count). The van der Waals surface area contributed by atoms with Crippen molar-refractivity contribution >= 4 is 11.8 Å². The molecule has 0 saturated carbocycles. The van der Waals surface area contributed by atoms with Crippen LogP contribution < -0.4 is 5.73 Å². The molecule has 94 valence electrons. The number of benzene rings is 1. The number of hydrogen-bond acceptors (Lipinski definition) is 4. The smallest absolute Gasteiger partial charge is 0.192 e. The van der Waals surface area contributed by atoms with Crippen LogP contribution in [0.1, 0.15) is 30.5 Å². The van der Waals surface area contributed by atoms with Crippen LogP contribution >= 0.6 is 11.8 Å². The van der Waals surface area contributed by atoms with Crippen molar-refractivity contribution < 1.29 is 0 Å². The molecule has 0 amide bonds. The monoisotopic (exact) mass is 259 g/mol. The van der Waals surface area contributed by atoms with Crippen molar-refractivity contribution in [3.05, 3.63) is 47.8 Å². The van der Waals surface area contributed by atoms with Crippen molar-refractivity contribution in [1.82, 2.24) is 9.97 Å². The topological polar surface area (TPSA) is 51.8 Å². The quantitative estimate of drug-likeness (QED) is 0.856. The molecule has 4 heteroatoms. The van der Waals surface area contributed by atoms with Gasteiger partial charge in [-0.2, -0.15) is 0 Å². The number of aryl methyl sites for hydroxylation is 1. The summed E-state index contributed by atoms with van der Waals surface area (Å²) in [5.74, 6) is 0. The van der Waals surface area contributed by atoms with E-state index in [2.05, 4.69) is 41.2 Å². The van der Waals surface area contributed by atoms with Crippen molar-refractivity contribution in [2.24, 2.45) is 5.73 Å². The summed E-state index contributed by atoms with van der Waals surface area (Å²) in [4.78, 5) is 9.68. The van der Waals surface area contributed by atoms with E-state index in [9.17, 15) is 0 Å². The zero-order valence-corrected chi connectivity index (χ0v) is 11.4. The lowest BCUT2D eigenvalue weighted by molar-refractivity contribution is 0.698. The van der Waals surface area contributed by atoms with E-state index in [1.807, 2.05) is 19.3 Å². The molecule has 2 N–H and O–H groups in total. The standard InChI is InChI=1S/C14H17N3S/c1-3-13(15)11-4-6-12(7-5-11)18-14-16-8-10(2)9-17-14/h4-9,13H,3,15H2,1-2H3/t13-/m0/s1. The second-order valence-corrected chi connectivity index (χ2v) is 5.27. The van der Waals surface area contributed by atoms with Gasteiger partial charge in [-0.3, -0.25) is 0 Å². The Morgan fingerprint density at radius 2 is 1.78 bits per heavy atom. The van der Waals surface area contributed by atoms with Crippen LogP contribution in [0.15, 0.2) is 46.7 Å². The molecule has 1 atom stereocenters. The summed E-state index contributed by atoms with van der Waals surface area (Å²) in [6, 6.07) is 8.41. The first-order valence-electron chi connectivity index (χ1n) is 6.01. The molecule has 1 heterocycles. The Morgan fingerprint density at radius 1 is 1.17 bits per heavy atom. The van der Waals surface area contributed by atoms with E-state index in [0.717, 1.165) is 22.0 Å². The molecule has 0 saturated heterocycles. The maximum atomic E-state index is 5.98. The fourth-order valence-corrected chi connectivity index (χ4v) is 2.25. The Hall–Kier alpha value is -1.39. The van der Waals surface area contributed by atoms with E-state index in [1.54, 1.807) is 11.8 Å². The van der Waals surface area contributed by atoms with Gasteiger partial charge in [0.2, 0.25) is 0 Å². The van der Waals surface area contributed by atoms with Crippen molar-refractivity contribution in [3.63, 3.8) is 0 Å². The third kappa shape index (κ3) is 3.31. The lowest BCUT2D eigenvalue weighted by Gasteiger charge is -2.09. The zero-order chi connectivity index (χ0) is 13.0. The van der Waals surface area contributed by atoms with Crippen molar-refractivity contribution in [3.8, 4) is 0 Å². The SMILES string of the molecule is CC[C@H](N)c1ccc(Sc2ncc(C)cn2)cc1. The molecule has 18 heavy (non-hydrogen) atoms. The summed E-state index contributed by atoms with van der Waals surface area (Å²) in [6.07, 6.45) is 4.61. The second kappa shape index (κ2) is 5.98. The van der Waals surface area contributed by atoms with Gasteiger partial charge in [0.05, 0.1) is 0 Å². The van der Waals surface area contributed by atoms with Gasteiger partial charge in [-0.1, -0.05) is 19.1 Å². The lowest BCUT2D eigenvalue weighted by Crippen LogP contribution is -2.07. The van der Waals surface area contributed by atoms with Crippen LogP contribution in [0.25, 0.3) is 0 Å². The molecule has 1 aromatic carbocycles. The van der Waals surface area contributed by atoms with Gasteiger partial charge in [-0.15, -0.1) is 0 Å². The van der Waals surface area contributed by atoms with E-state index >= 15 is 0 Å². The minimum atomic E-state index is 0.125. The fourth-order valence-electron chi connectivity index (χ4n) is 1.56. The van der Waals surface area contributed by atoms with Crippen LogP contribution in [0.4, 0.5) is 0 Å². The minimum absolute atomic E-state index is 0.125. The Kier molecular flexibility index (Phi) is 4.33. The molecule has 0 spiro atoms. The Morgan fingerprint density at radius 3 is 2.33 bits per heavy atom. The molecule has 1 aromatic heterocycles. The molecular weight excluding hydrogens is 242 g/mol. The zero-order valence-electron chi connectivity index (χ0n) is 10.6. The van der Waals surface area contributed by atoms with Crippen LogP contribution in [0.5, 0.6) is 0 Å².